The Kier molecular flexibility index (Phi) is 5.57. The van der Waals surface area contributed by atoms with Crippen molar-refractivity contribution >= 4 is 40.0 Å². The molecule has 0 fully saturated rings. The highest BCUT2D eigenvalue weighted by Gasteiger charge is 2.02. The quantitative estimate of drug-likeness (QED) is 0.195. The van der Waals surface area contributed by atoms with Crippen LogP contribution < -0.4 is 17.2 Å². The first-order valence-corrected chi connectivity index (χ1v) is 6.73. The molecule has 0 saturated heterocycles. The molecule has 1 heterocycles. The van der Waals surface area contributed by atoms with E-state index in [2.05, 4.69) is 15.1 Å². The average molecular weight is 274 g/mol. The van der Waals surface area contributed by atoms with E-state index in [1.165, 1.54) is 11.3 Å². The number of nitrogens with two attached hydrogens (primary N) is 3. The van der Waals surface area contributed by atoms with E-state index in [9.17, 15) is 0 Å². The zero-order valence-corrected chi connectivity index (χ0v) is 10.7. The van der Waals surface area contributed by atoms with Crippen LogP contribution in [0.1, 0.15) is 12.1 Å². The number of thioether (sulfide) groups is 1. The number of rotatable bonds is 6. The maximum absolute atomic E-state index is 8.34. The molecule has 1 rings (SSSR count). The molecule has 0 aromatic carbocycles. The van der Waals surface area contributed by atoms with Gasteiger partial charge in [0.1, 0.15) is 5.84 Å². The number of thiazole rings is 1. The Balaban J connectivity index is 2.33. The molecule has 17 heavy (non-hydrogen) atoms. The second kappa shape index (κ2) is 6.97. The first-order valence-electron chi connectivity index (χ1n) is 4.70. The van der Waals surface area contributed by atoms with E-state index < -0.39 is 0 Å². The van der Waals surface area contributed by atoms with Crippen LogP contribution in [0.15, 0.2) is 15.5 Å². The fourth-order valence-electron chi connectivity index (χ4n) is 0.928. The van der Waals surface area contributed by atoms with Gasteiger partial charge in [-0.1, -0.05) is 5.16 Å². The summed E-state index contributed by atoms with van der Waals surface area (Å²) in [5.41, 5.74) is 16.7. The second-order valence-corrected chi connectivity index (χ2v) is 4.99. The predicted molar refractivity (Wildman–Crippen MR) is 71.8 cm³/mol. The van der Waals surface area contributed by atoms with Crippen LogP contribution in [-0.2, 0) is 5.75 Å². The number of guanidine groups is 1. The summed E-state index contributed by atoms with van der Waals surface area (Å²) in [5.74, 6) is 1.75. The highest BCUT2D eigenvalue weighted by Crippen LogP contribution is 2.21. The SMILES string of the molecule is NC(N)=Nc1nc(CSCC/C(N)=N/O)cs1. The second-order valence-electron chi connectivity index (χ2n) is 3.05. The minimum atomic E-state index is 0.00508. The Morgan fingerprint density at radius 3 is 2.88 bits per heavy atom. The van der Waals surface area contributed by atoms with Crippen LogP contribution >= 0.6 is 23.1 Å². The van der Waals surface area contributed by atoms with Crippen LogP contribution in [0.4, 0.5) is 5.13 Å². The molecule has 0 atom stereocenters. The highest BCUT2D eigenvalue weighted by molar-refractivity contribution is 7.98. The topological polar surface area (TPSA) is 136 Å². The molecule has 0 aliphatic heterocycles. The van der Waals surface area contributed by atoms with Crippen molar-refractivity contribution < 1.29 is 5.21 Å². The molecule has 0 aliphatic carbocycles. The Labute approximate surface area is 107 Å². The first kappa shape index (κ1) is 13.6. The zero-order chi connectivity index (χ0) is 12.7. The maximum Gasteiger partial charge on any atom is 0.212 e. The van der Waals surface area contributed by atoms with Gasteiger partial charge < -0.3 is 22.4 Å². The van der Waals surface area contributed by atoms with E-state index in [1.807, 2.05) is 5.38 Å². The van der Waals surface area contributed by atoms with Crippen LogP contribution in [-0.4, -0.2) is 27.7 Å². The smallest absolute Gasteiger partial charge is 0.212 e. The molecule has 0 spiro atoms. The lowest BCUT2D eigenvalue weighted by Gasteiger charge is -1.97. The highest BCUT2D eigenvalue weighted by atomic mass is 32.2. The minimum absolute atomic E-state index is 0.00508. The third kappa shape index (κ3) is 5.41. The molecular weight excluding hydrogens is 260 g/mol. The van der Waals surface area contributed by atoms with Crippen LogP contribution in [0.5, 0.6) is 0 Å². The fourth-order valence-corrected chi connectivity index (χ4v) is 2.59. The van der Waals surface area contributed by atoms with E-state index in [1.54, 1.807) is 11.8 Å². The summed E-state index contributed by atoms with van der Waals surface area (Å²) in [6.45, 7) is 0. The summed E-state index contributed by atoms with van der Waals surface area (Å²) in [6, 6.07) is 0. The Bertz CT molecular complexity index is 412. The summed E-state index contributed by atoms with van der Waals surface area (Å²) >= 11 is 3.03. The van der Waals surface area contributed by atoms with E-state index in [-0.39, 0.29) is 11.8 Å². The monoisotopic (exact) mass is 274 g/mol. The number of nitrogens with zero attached hydrogens (tertiary/aromatic N) is 3. The van der Waals surface area contributed by atoms with E-state index in [0.29, 0.717) is 11.6 Å². The van der Waals surface area contributed by atoms with Gasteiger partial charge in [0.15, 0.2) is 5.96 Å². The van der Waals surface area contributed by atoms with Crippen molar-refractivity contribution in [2.45, 2.75) is 12.2 Å². The van der Waals surface area contributed by atoms with Crippen molar-refractivity contribution in [1.82, 2.24) is 4.98 Å². The Hall–Kier alpha value is -1.48. The van der Waals surface area contributed by atoms with Gasteiger partial charge >= 0.3 is 0 Å². The van der Waals surface area contributed by atoms with E-state index in [0.717, 1.165) is 17.2 Å². The molecule has 0 aliphatic rings. The number of amidine groups is 1. The van der Waals surface area contributed by atoms with Crippen LogP contribution in [0.3, 0.4) is 0 Å². The third-order valence-electron chi connectivity index (χ3n) is 1.65. The van der Waals surface area contributed by atoms with Gasteiger partial charge in [0.2, 0.25) is 5.13 Å². The normalized spacial score (nSPS) is 11.4. The lowest BCUT2D eigenvalue weighted by molar-refractivity contribution is 0.317. The van der Waals surface area contributed by atoms with Crippen molar-refractivity contribution in [3.8, 4) is 0 Å². The molecule has 0 unspecified atom stereocenters. The lowest BCUT2D eigenvalue weighted by atomic mass is 10.5. The predicted octanol–water partition coefficient (Wildman–Crippen LogP) is 0.418. The van der Waals surface area contributed by atoms with Gasteiger partial charge in [-0.3, -0.25) is 0 Å². The van der Waals surface area contributed by atoms with Crippen molar-refractivity contribution in [3.05, 3.63) is 11.1 Å². The van der Waals surface area contributed by atoms with Crippen molar-refractivity contribution in [2.75, 3.05) is 5.75 Å². The maximum atomic E-state index is 8.34. The summed E-state index contributed by atoms with van der Waals surface area (Å²) < 4.78 is 0. The van der Waals surface area contributed by atoms with Crippen LogP contribution in [0.2, 0.25) is 0 Å². The molecule has 0 saturated carbocycles. The summed E-state index contributed by atoms with van der Waals surface area (Å²) in [7, 11) is 0. The van der Waals surface area contributed by atoms with Gasteiger partial charge in [0.25, 0.3) is 0 Å². The number of oxime groups is 1. The molecule has 0 bridgehead atoms. The van der Waals surface area contributed by atoms with Crippen LogP contribution in [0, 0.1) is 0 Å². The summed E-state index contributed by atoms with van der Waals surface area (Å²) in [5, 5.41) is 13.7. The first-order chi connectivity index (χ1) is 8.11. The number of hydrogen-bond acceptors (Lipinski definition) is 6. The largest absolute Gasteiger partial charge is 0.409 e. The number of aromatic nitrogens is 1. The number of hydrogen-bond donors (Lipinski definition) is 4. The number of aliphatic imine (C=N–C) groups is 1. The lowest BCUT2D eigenvalue weighted by Crippen LogP contribution is -2.21. The van der Waals surface area contributed by atoms with Gasteiger partial charge in [-0.2, -0.15) is 16.8 Å². The van der Waals surface area contributed by atoms with Crippen LogP contribution in [0.25, 0.3) is 0 Å². The van der Waals surface area contributed by atoms with Crippen molar-refractivity contribution in [1.29, 1.82) is 0 Å². The summed E-state index contributed by atoms with van der Waals surface area (Å²) in [4.78, 5) is 8.07. The zero-order valence-electron chi connectivity index (χ0n) is 9.04. The molecule has 94 valence electrons. The fraction of sp³-hybridized carbons (Fsp3) is 0.375. The van der Waals surface area contributed by atoms with E-state index >= 15 is 0 Å². The molecule has 7 nitrogen and oxygen atoms in total. The average Bonchev–Trinajstić information content (AvgIpc) is 2.70. The summed E-state index contributed by atoms with van der Waals surface area (Å²) in [6.07, 6.45) is 0.548. The van der Waals surface area contributed by atoms with Gasteiger partial charge in [0, 0.05) is 23.3 Å². The third-order valence-corrected chi connectivity index (χ3v) is 3.42. The molecular formula is C8H14N6OS2. The Morgan fingerprint density at radius 1 is 1.47 bits per heavy atom. The molecule has 7 N–H and O–H groups in total. The van der Waals surface area contributed by atoms with E-state index in [4.69, 9.17) is 22.4 Å². The van der Waals surface area contributed by atoms with Gasteiger partial charge in [0.05, 0.1) is 5.69 Å². The Morgan fingerprint density at radius 2 is 2.24 bits per heavy atom. The molecule has 0 radical (unpaired) electrons. The van der Waals surface area contributed by atoms with Crippen molar-refractivity contribution in [2.24, 2.45) is 27.3 Å². The van der Waals surface area contributed by atoms with Gasteiger partial charge in [-0.05, 0) is 0 Å². The molecule has 0 amide bonds. The van der Waals surface area contributed by atoms with Crippen molar-refractivity contribution in [3.63, 3.8) is 0 Å². The molecule has 1 aromatic heterocycles. The van der Waals surface area contributed by atoms with Gasteiger partial charge in [-0.25, -0.2) is 4.98 Å². The minimum Gasteiger partial charge on any atom is -0.409 e. The molecule has 1 aromatic rings. The standard InChI is InChI=1S/C8H14N6OS2/c9-6(14-15)1-2-16-3-5-4-17-8(12-5)13-7(10)11/h4,15H,1-3H2,(H2,9,14)(H4,10,11,12,13). The molecule has 9 heteroatoms. The van der Waals surface area contributed by atoms with Gasteiger partial charge in [-0.15, -0.1) is 11.3 Å².